The molecular weight excluding hydrogens is 314 g/mol. The van der Waals surface area contributed by atoms with Crippen molar-refractivity contribution in [3.8, 4) is 17.1 Å². The van der Waals surface area contributed by atoms with Gasteiger partial charge in [-0.2, -0.15) is 0 Å². The number of aromatic nitrogens is 2. The number of ether oxygens (including phenoxy) is 1. The summed E-state index contributed by atoms with van der Waals surface area (Å²) in [6, 6.07) is 15.8. The van der Waals surface area contributed by atoms with Crippen LogP contribution in [0.3, 0.4) is 0 Å². The van der Waals surface area contributed by atoms with Crippen LogP contribution in [-0.2, 0) is 11.3 Å². The van der Waals surface area contributed by atoms with E-state index in [1.807, 2.05) is 58.0 Å². The highest BCUT2D eigenvalue weighted by atomic mass is 16.5. The predicted molar refractivity (Wildman–Crippen MR) is 97.5 cm³/mol. The van der Waals surface area contributed by atoms with Crippen LogP contribution in [0, 0.1) is 0 Å². The Bertz CT molecular complexity index is 893. The molecule has 128 valence electrons. The third-order valence-electron chi connectivity index (χ3n) is 4.75. The summed E-state index contributed by atoms with van der Waals surface area (Å²) < 4.78 is 7.26. The minimum atomic E-state index is 0.162. The molecule has 1 aliphatic heterocycles. The Balaban J connectivity index is 1.75. The monoisotopic (exact) mass is 335 g/mol. The molecule has 4 rings (SSSR count). The first-order valence-corrected chi connectivity index (χ1v) is 8.64. The van der Waals surface area contributed by atoms with Gasteiger partial charge < -0.3 is 14.2 Å². The molecule has 1 aromatic heterocycles. The number of likely N-dealkylation sites (tertiary alicyclic amines) is 1. The third kappa shape index (κ3) is 2.97. The lowest BCUT2D eigenvalue weighted by Gasteiger charge is -2.17. The van der Waals surface area contributed by atoms with Crippen molar-refractivity contribution in [3.05, 3.63) is 48.5 Å². The van der Waals surface area contributed by atoms with Crippen molar-refractivity contribution >= 4 is 16.9 Å². The van der Waals surface area contributed by atoms with Crippen LogP contribution in [0.4, 0.5) is 0 Å². The van der Waals surface area contributed by atoms with Crippen LogP contribution in [-0.4, -0.2) is 40.6 Å². The highest BCUT2D eigenvalue weighted by molar-refractivity contribution is 5.84. The molecule has 2 heterocycles. The van der Waals surface area contributed by atoms with E-state index in [0.717, 1.165) is 54.1 Å². The van der Waals surface area contributed by atoms with E-state index in [1.54, 1.807) is 7.11 Å². The molecule has 0 spiro atoms. The molecule has 0 bridgehead atoms. The Kier molecular flexibility index (Phi) is 4.14. The van der Waals surface area contributed by atoms with Crippen LogP contribution >= 0.6 is 0 Å². The summed E-state index contributed by atoms with van der Waals surface area (Å²) in [5.74, 6) is 1.78. The van der Waals surface area contributed by atoms with Crippen LogP contribution in [0.5, 0.6) is 5.75 Å². The summed E-state index contributed by atoms with van der Waals surface area (Å²) in [6.45, 7) is 2.05. The summed E-state index contributed by atoms with van der Waals surface area (Å²) in [5.41, 5.74) is 2.87. The first kappa shape index (κ1) is 15.7. The molecule has 5 nitrogen and oxygen atoms in total. The lowest BCUT2D eigenvalue weighted by atomic mass is 10.2. The van der Waals surface area contributed by atoms with Gasteiger partial charge >= 0.3 is 0 Å². The smallest absolute Gasteiger partial charge is 0.242 e. The Morgan fingerprint density at radius 3 is 2.52 bits per heavy atom. The van der Waals surface area contributed by atoms with Gasteiger partial charge in [-0.15, -0.1) is 0 Å². The molecule has 5 heteroatoms. The molecule has 0 saturated carbocycles. The number of hydrogen-bond donors (Lipinski definition) is 0. The Morgan fingerprint density at radius 2 is 1.80 bits per heavy atom. The van der Waals surface area contributed by atoms with Gasteiger partial charge in [-0.25, -0.2) is 4.98 Å². The Labute approximate surface area is 146 Å². The van der Waals surface area contributed by atoms with E-state index in [-0.39, 0.29) is 5.91 Å². The number of rotatable bonds is 4. The number of imidazole rings is 1. The first-order valence-electron chi connectivity index (χ1n) is 8.64. The van der Waals surface area contributed by atoms with Crippen LogP contribution < -0.4 is 4.74 Å². The molecule has 25 heavy (non-hydrogen) atoms. The van der Waals surface area contributed by atoms with Crippen molar-refractivity contribution < 1.29 is 9.53 Å². The molecule has 1 saturated heterocycles. The number of methoxy groups -OCH3 is 1. The maximum Gasteiger partial charge on any atom is 0.242 e. The second-order valence-corrected chi connectivity index (χ2v) is 6.33. The van der Waals surface area contributed by atoms with Crippen molar-refractivity contribution in [1.82, 2.24) is 14.5 Å². The highest BCUT2D eigenvalue weighted by Crippen LogP contribution is 2.26. The molecule has 0 N–H and O–H groups in total. The highest BCUT2D eigenvalue weighted by Gasteiger charge is 2.21. The number of hydrogen-bond acceptors (Lipinski definition) is 3. The van der Waals surface area contributed by atoms with Gasteiger partial charge in [0.05, 0.1) is 18.1 Å². The van der Waals surface area contributed by atoms with Gasteiger partial charge in [0.15, 0.2) is 0 Å². The van der Waals surface area contributed by atoms with Gasteiger partial charge in [0.25, 0.3) is 0 Å². The quantitative estimate of drug-likeness (QED) is 0.735. The van der Waals surface area contributed by atoms with Crippen LogP contribution in [0.1, 0.15) is 12.8 Å². The molecular formula is C20H21N3O2. The Morgan fingerprint density at radius 1 is 1.08 bits per heavy atom. The maximum atomic E-state index is 12.7. The average Bonchev–Trinajstić information content (AvgIpc) is 3.30. The van der Waals surface area contributed by atoms with Crippen molar-refractivity contribution in [2.45, 2.75) is 19.4 Å². The van der Waals surface area contributed by atoms with E-state index in [2.05, 4.69) is 0 Å². The summed E-state index contributed by atoms with van der Waals surface area (Å²) in [6.07, 6.45) is 2.20. The molecule has 1 fully saturated rings. The van der Waals surface area contributed by atoms with Gasteiger partial charge in [0, 0.05) is 18.7 Å². The van der Waals surface area contributed by atoms with E-state index in [1.165, 1.54) is 0 Å². The molecule has 3 aromatic rings. The largest absolute Gasteiger partial charge is 0.497 e. The second-order valence-electron chi connectivity index (χ2n) is 6.33. The zero-order chi connectivity index (χ0) is 17.2. The Hall–Kier alpha value is -2.82. The van der Waals surface area contributed by atoms with Gasteiger partial charge in [0.2, 0.25) is 5.91 Å². The van der Waals surface area contributed by atoms with Crippen molar-refractivity contribution in [1.29, 1.82) is 0 Å². The average molecular weight is 335 g/mol. The van der Waals surface area contributed by atoms with E-state index in [0.29, 0.717) is 6.54 Å². The van der Waals surface area contributed by atoms with Gasteiger partial charge in [0.1, 0.15) is 18.1 Å². The number of carbonyl (C=O) groups excluding carboxylic acids is 1. The van der Waals surface area contributed by atoms with E-state index < -0.39 is 0 Å². The topological polar surface area (TPSA) is 47.4 Å². The molecule has 0 unspecified atom stereocenters. The van der Waals surface area contributed by atoms with Gasteiger partial charge in [-0.1, -0.05) is 12.1 Å². The number of para-hydroxylation sites is 2. The summed E-state index contributed by atoms with van der Waals surface area (Å²) in [5, 5.41) is 0. The standard InChI is InChI=1S/C20H21N3O2/c1-25-16-10-8-15(9-11-16)20-21-17-6-2-3-7-18(17)23(20)14-19(24)22-12-4-5-13-22/h2-3,6-11H,4-5,12-14H2,1H3. The first-order chi connectivity index (χ1) is 12.3. The normalized spacial score (nSPS) is 14.2. The number of fused-ring (bicyclic) bond motifs is 1. The zero-order valence-electron chi connectivity index (χ0n) is 14.3. The SMILES string of the molecule is COc1ccc(-c2nc3ccccc3n2CC(=O)N2CCCC2)cc1. The minimum Gasteiger partial charge on any atom is -0.497 e. The van der Waals surface area contributed by atoms with Crippen molar-refractivity contribution in [3.63, 3.8) is 0 Å². The summed E-state index contributed by atoms with van der Waals surface area (Å²) in [7, 11) is 1.65. The number of carbonyl (C=O) groups is 1. The predicted octanol–water partition coefficient (Wildman–Crippen LogP) is 3.33. The third-order valence-corrected chi connectivity index (χ3v) is 4.75. The van der Waals surface area contributed by atoms with E-state index in [4.69, 9.17) is 9.72 Å². The fourth-order valence-corrected chi connectivity index (χ4v) is 3.40. The molecule has 0 radical (unpaired) electrons. The summed E-state index contributed by atoms with van der Waals surface area (Å²) >= 11 is 0. The second kappa shape index (κ2) is 6.59. The minimum absolute atomic E-state index is 0.162. The maximum absolute atomic E-state index is 12.7. The summed E-state index contributed by atoms with van der Waals surface area (Å²) in [4.78, 5) is 19.4. The van der Waals surface area contributed by atoms with Crippen molar-refractivity contribution in [2.24, 2.45) is 0 Å². The van der Waals surface area contributed by atoms with Crippen LogP contribution in [0.2, 0.25) is 0 Å². The number of benzene rings is 2. The molecule has 1 aliphatic rings. The van der Waals surface area contributed by atoms with E-state index >= 15 is 0 Å². The fourth-order valence-electron chi connectivity index (χ4n) is 3.40. The molecule has 0 atom stereocenters. The van der Waals surface area contributed by atoms with E-state index in [9.17, 15) is 4.79 Å². The lowest BCUT2D eigenvalue weighted by Crippen LogP contribution is -2.31. The fraction of sp³-hybridized carbons (Fsp3) is 0.300. The molecule has 0 aliphatic carbocycles. The van der Waals surface area contributed by atoms with Gasteiger partial charge in [-0.3, -0.25) is 4.79 Å². The number of amides is 1. The van der Waals surface area contributed by atoms with Gasteiger partial charge in [-0.05, 0) is 49.2 Å². The van der Waals surface area contributed by atoms with Crippen LogP contribution in [0.25, 0.3) is 22.4 Å². The molecule has 1 amide bonds. The zero-order valence-corrected chi connectivity index (χ0v) is 14.3. The van der Waals surface area contributed by atoms with Crippen LogP contribution in [0.15, 0.2) is 48.5 Å². The lowest BCUT2D eigenvalue weighted by molar-refractivity contribution is -0.130. The number of nitrogens with zero attached hydrogens (tertiary/aromatic N) is 3. The molecule has 2 aromatic carbocycles. The van der Waals surface area contributed by atoms with Crippen molar-refractivity contribution in [2.75, 3.05) is 20.2 Å².